The zero-order valence-electron chi connectivity index (χ0n) is 11.7. The fourth-order valence-corrected chi connectivity index (χ4v) is 3.78. The highest BCUT2D eigenvalue weighted by molar-refractivity contribution is 5.02. The minimum atomic E-state index is 0.725. The Hall–Kier alpha value is -0.440. The molecule has 0 aliphatic heterocycles. The van der Waals surface area contributed by atoms with Gasteiger partial charge in [-0.3, -0.25) is 0 Å². The molecular formula is C17H28. The summed E-state index contributed by atoms with van der Waals surface area (Å²) >= 11 is 0. The van der Waals surface area contributed by atoms with Crippen molar-refractivity contribution in [2.75, 3.05) is 0 Å². The second-order valence-corrected chi connectivity index (χ2v) is 6.47. The van der Waals surface area contributed by atoms with Crippen LogP contribution < -0.4 is 0 Å². The molecule has 0 aromatic rings. The second kappa shape index (κ2) is 6.48. The van der Waals surface area contributed by atoms with Crippen molar-refractivity contribution in [3.8, 4) is 11.8 Å². The van der Waals surface area contributed by atoms with Crippen molar-refractivity contribution in [1.29, 1.82) is 0 Å². The molecule has 0 unspecified atom stereocenters. The Kier molecular flexibility index (Phi) is 4.96. The lowest BCUT2D eigenvalue weighted by molar-refractivity contribution is 0.208. The molecule has 0 atom stereocenters. The highest BCUT2D eigenvalue weighted by atomic mass is 14.3. The van der Waals surface area contributed by atoms with Crippen LogP contribution in [0, 0.1) is 35.5 Å². The first-order valence-corrected chi connectivity index (χ1v) is 7.70. The Balaban J connectivity index is 1.68. The van der Waals surface area contributed by atoms with Crippen molar-refractivity contribution < 1.29 is 0 Å². The fraction of sp³-hybridized carbons (Fsp3) is 0.882. The minimum Gasteiger partial charge on any atom is -0.106 e. The average molecular weight is 232 g/mol. The molecule has 96 valence electrons. The molecule has 0 saturated heterocycles. The third kappa shape index (κ3) is 4.06. The van der Waals surface area contributed by atoms with Gasteiger partial charge in [0, 0.05) is 5.92 Å². The van der Waals surface area contributed by atoms with E-state index in [1.165, 1.54) is 57.8 Å². The lowest BCUT2D eigenvalue weighted by Crippen LogP contribution is -2.19. The van der Waals surface area contributed by atoms with E-state index in [0.717, 1.165) is 23.7 Å². The van der Waals surface area contributed by atoms with Gasteiger partial charge in [-0.2, -0.15) is 0 Å². The van der Waals surface area contributed by atoms with E-state index in [4.69, 9.17) is 0 Å². The van der Waals surface area contributed by atoms with Gasteiger partial charge in [-0.05, 0) is 56.8 Å². The van der Waals surface area contributed by atoms with Crippen molar-refractivity contribution in [2.45, 2.75) is 71.6 Å². The Labute approximate surface area is 108 Å². The summed E-state index contributed by atoms with van der Waals surface area (Å²) in [6.45, 7) is 4.40. The predicted molar refractivity (Wildman–Crippen MR) is 74.6 cm³/mol. The smallest absolute Gasteiger partial charge is 0.0203 e. The fourth-order valence-electron chi connectivity index (χ4n) is 3.78. The summed E-state index contributed by atoms with van der Waals surface area (Å²) in [5.41, 5.74) is 0. The molecule has 0 radical (unpaired) electrons. The topological polar surface area (TPSA) is 0 Å². The largest absolute Gasteiger partial charge is 0.106 e. The van der Waals surface area contributed by atoms with Crippen molar-refractivity contribution in [3.05, 3.63) is 0 Å². The van der Waals surface area contributed by atoms with Crippen LogP contribution in [0.25, 0.3) is 0 Å². The van der Waals surface area contributed by atoms with Crippen LogP contribution in [-0.4, -0.2) is 0 Å². The Morgan fingerprint density at radius 2 is 1.35 bits per heavy atom. The van der Waals surface area contributed by atoms with Crippen LogP contribution in [0.15, 0.2) is 0 Å². The molecule has 0 N–H and O–H groups in total. The van der Waals surface area contributed by atoms with E-state index in [1.807, 2.05) is 6.92 Å². The highest BCUT2D eigenvalue weighted by Crippen LogP contribution is 2.37. The van der Waals surface area contributed by atoms with Crippen LogP contribution in [0.3, 0.4) is 0 Å². The molecular weight excluding hydrogens is 204 g/mol. The molecule has 0 spiro atoms. The number of hydrogen-bond donors (Lipinski definition) is 0. The van der Waals surface area contributed by atoms with Gasteiger partial charge in [-0.25, -0.2) is 0 Å². The molecule has 0 bridgehead atoms. The van der Waals surface area contributed by atoms with Crippen LogP contribution >= 0.6 is 0 Å². The monoisotopic (exact) mass is 232 g/mol. The van der Waals surface area contributed by atoms with Gasteiger partial charge in [-0.15, -0.1) is 11.8 Å². The van der Waals surface area contributed by atoms with E-state index in [-0.39, 0.29) is 0 Å². The maximum atomic E-state index is 3.36. The molecule has 2 rings (SSSR count). The quantitative estimate of drug-likeness (QED) is 0.586. The van der Waals surface area contributed by atoms with E-state index >= 15 is 0 Å². The Morgan fingerprint density at radius 3 is 1.88 bits per heavy atom. The van der Waals surface area contributed by atoms with Crippen molar-refractivity contribution in [3.63, 3.8) is 0 Å². The Bertz CT molecular complexity index is 264. The standard InChI is InChI=1S/C17H28/c1-3-4-15-9-11-17(12-10-15)13-16-7-5-14(2)6-8-16/h14-17H,5-13H2,1-2H3. The van der Waals surface area contributed by atoms with Crippen LogP contribution in [0.4, 0.5) is 0 Å². The number of hydrogen-bond acceptors (Lipinski definition) is 0. The second-order valence-electron chi connectivity index (χ2n) is 6.47. The van der Waals surface area contributed by atoms with Gasteiger partial charge < -0.3 is 0 Å². The van der Waals surface area contributed by atoms with E-state index in [2.05, 4.69) is 18.8 Å². The third-order valence-electron chi connectivity index (χ3n) is 5.00. The summed E-state index contributed by atoms with van der Waals surface area (Å²) in [5.74, 6) is 10.3. The first kappa shape index (κ1) is 13.0. The lowest BCUT2D eigenvalue weighted by Gasteiger charge is -2.32. The van der Waals surface area contributed by atoms with Crippen LogP contribution in [0.5, 0.6) is 0 Å². The van der Waals surface area contributed by atoms with Gasteiger partial charge >= 0.3 is 0 Å². The molecule has 2 aliphatic carbocycles. The van der Waals surface area contributed by atoms with Crippen molar-refractivity contribution in [2.24, 2.45) is 23.7 Å². The molecule has 0 amide bonds. The predicted octanol–water partition coefficient (Wildman–Crippen LogP) is 5.03. The molecule has 17 heavy (non-hydrogen) atoms. The molecule has 2 saturated carbocycles. The first-order valence-electron chi connectivity index (χ1n) is 7.70. The number of rotatable bonds is 2. The summed E-state index contributed by atoms with van der Waals surface area (Å²) in [7, 11) is 0. The third-order valence-corrected chi connectivity index (χ3v) is 5.00. The first-order chi connectivity index (χ1) is 8.28. The molecule has 0 aromatic heterocycles. The summed E-state index contributed by atoms with van der Waals surface area (Å²) in [6, 6.07) is 0. The van der Waals surface area contributed by atoms with Crippen molar-refractivity contribution >= 4 is 0 Å². The van der Waals surface area contributed by atoms with E-state index < -0.39 is 0 Å². The van der Waals surface area contributed by atoms with Crippen LogP contribution in [0.2, 0.25) is 0 Å². The lowest BCUT2D eigenvalue weighted by atomic mass is 9.73. The minimum absolute atomic E-state index is 0.725. The maximum absolute atomic E-state index is 3.36. The summed E-state index contributed by atoms with van der Waals surface area (Å²) < 4.78 is 0. The van der Waals surface area contributed by atoms with E-state index in [0.29, 0.717) is 0 Å². The zero-order chi connectivity index (χ0) is 12.1. The van der Waals surface area contributed by atoms with Gasteiger partial charge in [-0.1, -0.05) is 32.6 Å². The van der Waals surface area contributed by atoms with Crippen LogP contribution in [-0.2, 0) is 0 Å². The average Bonchev–Trinajstić information content (AvgIpc) is 2.35. The molecule has 2 fully saturated rings. The van der Waals surface area contributed by atoms with Gasteiger partial charge in [0.15, 0.2) is 0 Å². The summed E-state index contributed by atoms with van der Waals surface area (Å²) in [6.07, 6.45) is 13.2. The zero-order valence-corrected chi connectivity index (χ0v) is 11.7. The van der Waals surface area contributed by atoms with Gasteiger partial charge in [0.2, 0.25) is 0 Å². The SMILES string of the molecule is CC#CC1CCC(CC2CCC(C)CC2)CC1. The van der Waals surface area contributed by atoms with Crippen LogP contribution in [0.1, 0.15) is 71.6 Å². The van der Waals surface area contributed by atoms with E-state index in [9.17, 15) is 0 Å². The van der Waals surface area contributed by atoms with Gasteiger partial charge in [0.1, 0.15) is 0 Å². The molecule has 0 heteroatoms. The maximum Gasteiger partial charge on any atom is 0.0203 e. The Morgan fingerprint density at radius 1 is 0.824 bits per heavy atom. The van der Waals surface area contributed by atoms with Gasteiger partial charge in [0.05, 0.1) is 0 Å². The molecule has 0 aromatic carbocycles. The van der Waals surface area contributed by atoms with Gasteiger partial charge in [0.25, 0.3) is 0 Å². The summed E-state index contributed by atoms with van der Waals surface area (Å²) in [4.78, 5) is 0. The van der Waals surface area contributed by atoms with E-state index in [1.54, 1.807) is 0 Å². The van der Waals surface area contributed by atoms with Crippen molar-refractivity contribution in [1.82, 2.24) is 0 Å². The highest BCUT2D eigenvalue weighted by Gasteiger charge is 2.25. The summed E-state index contributed by atoms with van der Waals surface area (Å²) in [5, 5.41) is 0. The normalized spacial score (nSPS) is 38.2. The molecule has 0 nitrogen and oxygen atoms in total. The molecule has 2 aliphatic rings. The molecule has 0 heterocycles.